The van der Waals surface area contributed by atoms with Crippen LogP contribution in [0.2, 0.25) is 0 Å². The molecule has 0 amide bonds. The summed E-state index contributed by atoms with van der Waals surface area (Å²) in [5, 5.41) is 0. The maximum Gasteiger partial charge on any atom is 0.335 e. The van der Waals surface area contributed by atoms with E-state index in [1.54, 1.807) is 43.3 Å². The van der Waals surface area contributed by atoms with Crippen LogP contribution in [0.4, 0.5) is 0 Å². The fourth-order valence-corrected chi connectivity index (χ4v) is 2.24. The molecule has 4 rings (SSSR count). The molecule has 0 fully saturated rings. The highest BCUT2D eigenvalue weighted by atomic mass is 16.7. The molecule has 8 nitrogen and oxygen atoms in total. The molecular weight excluding hydrogens is 368 g/mol. The largest absolute Gasteiger partial charge is 0.454 e. The SMILES string of the molecule is C=CC(=O)Oc1ccc2c(c1)OCO2.CCC(=O)Oc1ccc2c(c1)OCO2. The van der Waals surface area contributed by atoms with Crippen molar-refractivity contribution < 1.29 is 38.0 Å². The van der Waals surface area contributed by atoms with Gasteiger partial charge in [-0.2, -0.15) is 0 Å². The summed E-state index contributed by atoms with van der Waals surface area (Å²) in [7, 11) is 0. The lowest BCUT2D eigenvalue weighted by Gasteiger charge is -2.02. The van der Waals surface area contributed by atoms with Crippen LogP contribution in [0.1, 0.15) is 13.3 Å². The summed E-state index contributed by atoms with van der Waals surface area (Å²) < 4.78 is 30.4. The summed E-state index contributed by atoms with van der Waals surface area (Å²) in [6.07, 6.45) is 1.46. The maximum absolute atomic E-state index is 11.0. The zero-order valence-corrected chi connectivity index (χ0v) is 15.1. The van der Waals surface area contributed by atoms with Crippen molar-refractivity contribution in [2.45, 2.75) is 13.3 Å². The van der Waals surface area contributed by atoms with Crippen LogP contribution in [-0.2, 0) is 9.59 Å². The lowest BCUT2D eigenvalue weighted by Crippen LogP contribution is -2.05. The Morgan fingerprint density at radius 1 is 0.893 bits per heavy atom. The third-order valence-corrected chi connectivity index (χ3v) is 3.59. The summed E-state index contributed by atoms with van der Waals surface area (Å²) in [5.74, 6) is 2.68. The molecule has 0 spiro atoms. The second kappa shape index (κ2) is 8.81. The van der Waals surface area contributed by atoms with Crippen molar-refractivity contribution in [3.63, 3.8) is 0 Å². The molecule has 0 bridgehead atoms. The van der Waals surface area contributed by atoms with Crippen molar-refractivity contribution in [1.82, 2.24) is 0 Å². The number of ether oxygens (including phenoxy) is 6. The topological polar surface area (TPSA) is 89.5 Å². The smallest absolute Gasteiger partial charge is 0.335 e. The van der Waals surface area contributed by atoms with Crippen LogP contribution in [0.3, 0.4) is 0 Å². The standard InChI is InChI=1S/C10H10O4.C10H8O4/c2*1-2-10(11)14-7-3-4-8-9(5-7)13-6-12-8/h3-5H,2,6H2,1H3;2-5H,1,6H2. The quantitative estimate of drug-likeness (QED) is 0.449. The zero-order chi connectivity index (χ0) is 19.9. The Kier molecular flexibility index (Phi) is 6.01. The summed E-state index contributed by atoms with van der Waals surface area (Å²) in [5.41, 5.74) is 0. The molecule has 2 aliphatic rings. The molecule has 2 aliphatic heterocycles. The predicted octanol–water partition coefficient (Wildman–Crippen LogP) is 3.24. The van der Waals surface area contributed by atoms with E-state index < -0.39 is 5.97 Å². The number of carbonyl (C=O) groups is 2. The Hall–Kier alpha value is -3.68. The minimum absolute atomic E-state index is 0.203. The van der Waals surface area contributed by atoms with E-state index >= 15 is 0 Å². The van der Waals surface area contributed by atoms with Gasteiger partial charge in [0.1, 0.15) is 11.5 Å². The second-order valence-electron chi connectivity index (χ2n) is 5.48. The van der Waals surface area contributed by atoms with E-state index in [0.29, 0.717) is 40.9 Å². The second-order valence-corrected chi connectivity index (χ2v) is 5.48. The van der Waals surface area contributed by atoms with Gasteiger partial charge in [-0.25, -0.2) is 4.79 Å². The van der Waals surface area contributed by atoms with Gasteiger partial charge < -0.3 is 28.4 Å². The highest BCUT2D eigenvalue weighted by molar-refractivity contribution is 5.83. The minimum Gasteiger partial charge on any atom is -0.454 e. The van der Waals surface area contributed by atoms with Crippen LogP contribution < -0.4 is 28.4 Å². The number of hydrogen-bond acceptors (Lipinski definition) is 8. The highest BCUT2D eigenvalue weighted by Gasteiger charge is 2.15. The minimum atomic E-state index is -0.496. The van der Waals surface area contributed by atoms with Crippen molar-refractivity contribution in [2.24, 2.45) is 0 Å². The Morgan fingerprint density at radius 3 is 1.89 bits per heavy atom. The van der Waals surface area contributed by atoms with E-state index in [1.165, 1.54) is 0 Å². The van der Waals surface area contributed by atoms with E-state index in [2.05, 4.69) is 6.58 Å². The monoisotopic (exact) mass is 386 g/mol. The van der Waals surface area contributed by atoms with Gasteiger partial charge >= 0.3 is 11.9 Å². The molecular formula is C20H18O8. The Balaban J connectivity index is 0.000000161. The number of fused-ring (bicyclic) bond motifs is 2. The van der Waals surface area contributed by atoms with Gasteiger partial charge in [-0.15, -0.1) is 0 Å². The van der Waals surface area contributed by atoms with E-state index in [4.69, 9.17) is 28.4 Å². The average Bonchev–Trinajstić information content (AvgIpc) is 3.36. The third kappa shape index (κ3) is 4.73. The third-order valence-electron chi connectivity index (χ3n) is 3.59. The van der Waals surface area contributed by atoms with Crippen molar-refractivity contribution >= 4 is 11.9 Å². The van der Waals surface area contributed by atoms with E-state index in [-0.39, 0.29) is 19.6 Å². The fourth-order valence-electron chi connectivity index (χ4n) is 2.24. The lowest BCUT2D eigenvalue weighted by atomic mass is 10.3. The van der Waals surface area contributed by atoms with Gasteiger partial charge in [0.05, 0.1) is 0 Å². The molecule has 2 heterocycles. The average molecular weight is 386 g/mol. The zero-order valence-electron chi connectivity index (χ0n) is 15.1. The number of hydrogen-bond donors (Lipinski definition) is 0. The first-order chi connectivity index (χ1) is 13.6. The van der Waals surface area contributed by atoms with Crippen molar-refractivity contribution in [3.05, 3.63) is 49.1 Å². The molecule has 2 aromatic carbocycles. The van der Waals surface area contributed by atoms with Gasteiger partial charge in [0.2, 0.25) is 13.6 Å². The highest BCUT2D eigenvalue weighted by Crippen LogP contribution is 2.36. The maximum atomic E-state index is 11.0. The van der Waals surface area contributed by atoms with Crippen LogP contribution in [0, 0.1) is 0 Å². The van der Waals surface area contributed by atoms with Gasteiger partial charge in [0.25, 0.3) is 0 Å². The molecule has 146 valence electrons. The Morgan fingerprint density at radius 2 is 1.39 bits per heavy atom. The molecule has 0 aliphatic carbocycles. The lowest BCUT2D eigenvalue weighted by molar-refractivity contribution is -0.134. The molecule has 0 aromatic heterocycles. The number of carbonyl (C=O) groups excluding carboxylic acids is 2. The molecule has 8 heteroatoms. The Labute approximate surface area is 161 Å². The molecule has 2 aromatic rings. The van der Waals surface area contributed by atoms with Crippen LogP contribution >= 0.6 is 0 Å². The van der Waals surface area contributed by atoms with Gasteiger partial charge in [-0.3, -0.25) is 4.79 Å². The molecule has 0 unspecified atom stereocenters. The van der Waals surface area contributed by atoms with Gasteiger partial charge in [0, 0.05) is 24.6 Å². The fraction of sp³-hybridized carbons (Fsp3) is 0.200. The molecule has 28 heavy (non-hydrogen) atoms. The van der Waals surface area contributed by atoms with Gasteiger partial charge in [-0.1, -0.05) is 13.5 Å². The predicted molar refractivity (Wildman–Crippen MR) is 96.9 cm³/mol. The van der Waals surface area contributed by atoms with E-state index in [0.717, 1.165) is 6.08 Å². The number of esters is 2. The first kappa shape index (κ1) is 19.1. The molecule has 0 radical (unpaired) electrons. The summed E-state index contributed by atoms with van der Waals surface area (Å²) in [6.45, 7) is 5.47. The van der Waals surface area contributed by atoms with Crippen LogP contribution in [0.25, 0.3) is 0 Å². The Bertz CT molecular complexity index is 890. The number of benzene rings is 2. The summed E-state index contributed by atoms with van der Waals surface area (Å²) in [4.78, 5) is 21.9. The van der Waals surface area contributed by atoms with Gasteiger partial charge in [0.15, 0.2) is 23.0 Å². The molecule has 0 saturated heterocycles. The first-order valence-electron chi connectivity index (χ1n) is 8.43. The molecule has 0 saturated carbocycles. The van der Waals surface area contributed by atoms with Crippen molar-refractivity contribution in [2.75, 3.05) is 13.6 Å². The summed E-state index contributed by atoms with van der Waals surface area (Å²) in [6, 6.07) is 9.98. The summed E-state index contributed by atoms with van der Waals surface area (Å²) >= 11 is 0. The van der Waals surface area contributed by atoms with E-state index in [9.17, 15) is 9.59 Å². The van der Waals surface area contributed by atoms with E-state index in [1.807, 2.05) is 0 Å². The molecule has 0 N–H and O–H groups in total. The van der Waals surface area contributed by atoms with Crippen LogP contribution in [0.5, 0.6) is 34.5 Å². The van der Waals surface area contributed by atoms with Crippen LogP contribution in [0.15, 0.2) is 49.1 Å². The normalized spacial score (nSPS) is 12.5. The van der Waals surface area contributed by atoms with Crippen molar-refractivity contribution in [1.29, 1.82) is 0 Å². The number of rotatable bonds is 4. The van der Waals surface area contributed by atoms with Crippen LogP contribution in [-0.4, -0.2) is 25.5 Å². The van der Waals surface area contributed by atoms with Crippen molar-refractivity contribution in [3.8, 4) is 34.5 Å². The molecule has 0 atom stereocenters. The first-order valence-corrected chi connectivity index (χ1v) is 8.43. The van der Waals surface area contributed by atoms with Gasteiger partial charge in [-0.05, 0) is 24.3 Å².